The second kappa shape index (κ2) is 9.54. The van der Waals surface area contributed by atoms with Crippen LogP contribution in [0.5, 0.6) is 5.75 Å². The molecule has 0 fully saturated rings. The number of ether oxygens (including phenoxy) is 2. The van der Waals surface area contributed by atoms with Crippen molar-refractivity contribution in [3.05, 3.63) is 70.2 Å². The Balaban J connectivity index is 1.68. The molecular formula is C23H24N2O4S. The highest BCUT2D eigenvalue weighted by molar-refractivity contribution is 7.14. The SMILES string of the molecule is COc1ccccc1CC(=O)OCc1csc(N(C(C)=O)c2ccc(C)c(C)c2)n1. The van der Waals surface area contributed by atoms with Gasteiger partial charge in [0, 0.05) is 17.9 Å². The van der Waals surface area contributed by atoms with E-state index in [0.717, 1.165) is 22.4 Å². The molecule has 1 amide bonds. The van der Waals surface area contributed by atoms with Crippen LogP contribution >= 0.6 is 11.3 Å². The summed E-state index contributed by atoms with van der Waals surface area (Å²) in [6.07, 6.45) is 0.114. The quantitative estimate of drug-likeness (QED) is 0.513. The lowest BCUT2D eigenvalue weighted by atomic mass is 10.1. The number of amides is 1. The zero-order valence-electron chi connectivity index (χ0n) is 17.5. The number of carbonyl (C=O) groups is 2. The van der Waals surface area contributed by atoms with Gasteiger partial charge in [0.05, 0.1) is 24.9 Å². The molecule has 0 aliphatic carbocycles. The normalized spacial score (nSPS) is 10.5. The average molecular weight is 425 g/mol. The highest BCUT2D eigenvalue weighted by Crippen LogP contribution is 2.30. The Morgan fingerprint density at radius 2 is 1.87 bits per heavy atom. The van der Waals surface area contributed by atoms with Crippen LogP contribution in [0.2, 0.25) is 0 Å². The molecule has 0 N–H and O–H groups in total. The number of aromatic nitrogens is 1. The monoisotopic (exact) mass is 424 g/mol. The number of carbonyl (C=O) groups excluding carboxylic acids is 2. The second-order valence-corrected chi connectivity index (χ2v) is 7.73. The lowest BCUT2D eigenvalue weighted by Gasteiger charge is -2.19. The first-order valence-corrected chi connectivity index (χ1v) is 10.4. The van der Waals surface area contributed by atoms with Gasteiger partial charge in [-0.3, -0.25) is 14.5 Å². The van der Waals surface area contributed by atoms with E-state index in [1.807, 2.05) is 50.2 Å². The van der Waals surface area contributed by atoms with E-state index in [2.05, 4.69) is 4.98 Å². The van der Waals surface area contributed by atoms with Crippen LogP contribution in [0.25, 0.3) is 0 Å². The molecule has 6 nitrogen and oxygen atoms in total. The highest BCUT2D eigenvalue weighted by Gasteiger charge is 2.19. The number of thiazole rings is 1. The highest BCUT2D eigenvalue weighted by atomic mass is 32.1. The Bertz CT molecular complexity index is 1060. The number of hydrogen-bond acceptors (Lipinski definition) is 6. The Kier molecular flexibility index (Phi) is 6.84. The first kappa shape index (κ1) is 21.5. The lowest BCUT2D eigenvalue weighted by molar-refractivity contribution is -0.144. The summed E-state index contributed by atoms with van der Waals surface area (Å²) in [6.45, 7) is 5.58. The number of benzene rings is 2. The van der Waals surface area contributed by atoms with Gasteiger partial charge in [-0.15, -0.1) is 11.3 Å². The standard InChI is InChI=1S/C23H24N2O4S/c1-15-9-10-20(11-16(15)2)25(17(3)26)23-24-19(14-30-23)13-29-22(27)12-18-7-5-6-8-21(18)28-4/h5-11,14H,12-13H2,1-4H3. The van der Waals surface area contributed by atoms with Crippen LogP contribution in [0.15, 0.2) is 47.8 Å². The first-order valence-electron chi connectivity index (χ1n) is 9.49. The van der Waals surface area contributed by atoms with Gasteiger partial charge in [-0.25, -0.2) is 4.98 Å². The molecule has 0 radical (unpaired) electrons. The van der Waals surface area contributed by atoms with Gasteiger partial charge in [-0.2, -0.15) is 0 Å². The van der Waals surface area contributed by atoms with Crippen LogP contribution in [0.4, 0.5) is 10.8 Å². The molecule has 3 aromatic rings. The zero-order chi connectivity index (χ0) is 21.7. The molecule has 1 aromatic heterocycles. The van der Waals surface area contributed by atoms with Gasteiger partial charge in [-0.1, -0.05) is 24.3 Å². The number of nitrogens with zero attached hydrogens (tertiary/aromatic N) is 2. The van der Waals surface area contributed by atoms with Crippen molar-refractivity contribution in [1.82, 2.24) is 4.98 Å². The maximum absolute atomic E-state index is 12.3. The van der Waals surface area contributed by atoms with Crippen LogP contribution in [0.1, 0.15) is 29.3 Å². The number of para-hydroxylation sites is 1. The average Bonchev–Trinajstić information content (AvgIpc) is 3.18. The summed E-state index contributed by atoms with van der Waals surface area (Å²) in [5, 5.41) is 2.34. The van der Waals surface area contributed by atoms with Crippen LogP contribution < -0.4 is 9.64 Å². The molecule has 0 saturated heterocycles. The van der Waals surface area contributed by atoms with E-state index >= 15 is 0 Å². The van der Waals surface area contributed by atoms with Crippen molar-refractivity contribution in [2.75, 3.05) is 12.0 Å². The van der Waals surface area contributed by atoms with Gasteiger partial charge >= 0.3 is 5.97 Å². The zero-order valence-corrected chi connectivity index (χ0v) is 18.3. The van der Waals surface area contributed by atoms with Crippen molar-refractivity contribution in [3.63, 3.8) is 0 Å². The van der Waals surface area contributed by atoms with Crippen molar-refractivity contribution in [3.8, 4) is 5.75 Å². The summed E-state index contributed by atoms with van der Waals surface area (Å²) >= 11 is 1.34. The van der Waals surface area contributed by atoms with Crippen molar-refractivity contribution < 1.29 is 19.1 Å². The van der Waals surface area contributed by atoms with E-state index in [-0.39, 0.29) is 24.9 Å². The molecule has 1 heterocycles. The van der Waals surface area contributed by atoms with E-state index in [1.165, 1.54) is 18.3 Å². The molecule has 0 bridgehead atoms. The number of anilines is 2. The van der Waals surface area contributed by atoms with Gasteiger partial charge in [0.15, 0.2) is 5.13 Å². The number of rotatable bonds is 7. The summed E-state index contributed by atoms with van der Waals surface area (Å²) in [4.78, 5) is 30.6. The smallest absolute Gasteiger partial charge is 0.310 e. The summed E-state index contributed by atoms with van der Waals surface area (Å²) in [7, 11) is 1.57. The third kappa shape index (κ3) is 5.04. The van der Waals surface area contributed by atoms with Crippen LogP contribution in [-0.2, 0) is 27.4 Å². The van der Waals surface area contributed by atoms with Crippen LogP contribution in [0.3, 0.4) is 0 Å². The second-order valence-electron chi connectivity index (χ2n) is 6.89. The van der Waals surface area contributed by atoms with Gasteiger partial charge in [0.2, 0.25) is 5.91 Å². The van der Waals surface area contributed by atoms with Crippen molar-refractivity contribution in [2.24, 2.45) is 0 Å². The largest absolute Gasteiger partial charge is 0.496 e. The minimum Gasteiger partial charge on any atom is -0.496 e. The molecule has 0 aliphatic heterocycles. The maximum atomic E-state index is 12.3. The third-order valence-electron chi connectivity index (χ3n) is 4.70. The Morgan fingerprint density at radius 1 is 1.10 bits per heavy atom. The molecule has 156 valence electrons. The van der Waals surface area contributed by atoms with E-state index in [9.17, 15) is 9.59 Å². The van der Waals surface area contributed by atoms with Gasteiger partial charge in [0.1, 0.15) is 12.4 Å². The number of methoxy groups -OCH3 is 1. The van der Waals surface area contributed by atoms with Crippen molar-refractivity contribution in [2.45, 2.75) is 33.8 Å². The number of hydrogen-bond donors (Lipinski definition) is 0. The van der Waals surface area contributed by atoms with E-state index < -0.39 is 0 Å². The molecule has 30 heavy (non-hydrogen) atoms. The maximum Gasteiger partial charge on any atom is 0.310 e. The van der Waals surface area contributed by atoms with E-state index in [0.29, 0.717) is 16.6 Å². The Morgan fingerprint density at radius 3 is 2.57 bits per heavy atom. The number of aryl methyl sites for hydroxylation is 2. The molecule has 0 saturated carbocycles. The van der Waals surface area contributed by atoms with Gasteiger partial charge in [0.25, 0.3) is 0 Å². The van der Waals surface area contributed by atoms with E-state index in [1.54, 1.807) is 23.5 Å². The van der Waals surface area contributed by atoms with Crippen molar-refractivity contribution in [1.29, 1.82) is 0 Å². The summed E-state index contributed by atoms with van der Waals surface area (Å²) in [5.41, 5.74) is 4.38. The Hall–Kier alpha value is -3.19. The predicted molar refractivity (Wildman–Crippen MR) is 117 cm³/mol. The van der Waals surface area contributed by atoms with Gasteiger partial charge < -0.3 is 9.47 Å². The molecule has 3 rings (SSSR count). The minimum atomic E-state index is -0.369. The van der Waals surface area contributed by atoms with Crippen molar-refractivity contribution >= 4 is 34.0 Å². The minimum absolute atomic E-state index is 0.0448. The molecule has 0 aliphatic rings. The molecule has 2 aromatic carbocycles. The van der Waals surface area contributed by atoms with Crippen LogP contribution in [-0.4, -0.2) is 24.0 Å². The van der Waals surface area contributed by atoms with Gasteiger partial charge in [-0.05, 0) is 43.2 Å². The molecular weight excluding hydrogens is 400 g/mol. The third-order valence-corrected chi connectivity index (χ3v) is 5.58. The number of esters is 1. The van der Waals surface area contributed by atoms with E-state index in [4.69, 9.17) is 9.47 Å². The lowest BCUT2D eigenvalue weighted by Crippen LogP contribution is -2.22. The molecule has 0 atom stereocenters. The topological polar surface area (TPSA) is 68.7 Å². The summed E-state index contributed by atoms with van der Waals surface area (Å²) in [6, 6.07) is 13.2. The fourth-order valence-corrected chi connectivity index (χ4v) is 3.84. The molecule has 0 unspecified atom stereocenters. The fourth-order valence-electron chi connectivity index (χ4n) is 2.97. The first-order chi connectivity index (χ1) is 14.4. The summed E-state index contributed by atoms with van der Waals surface area (Å²) < 4.78 is 10.6. The molecule has 0 spiro atoms. The summed E-state index contributed by atoms with van der Waals surface area (Å²) in [5.74, 6) is 0.148. The Labute approximate surface area is 180 Å². The predicted octanol–water partition coefficient (Wildman–Crippen LogP) is 4.74. The van der Waals surface area contributed by atoms with Crippen LogP contribution in [0, 0.1) is 13.8 Å². The fraction of sp³-hybridized carbons (Fsp3) is 0.261. The molecule has 7 heteroatoms.